The number of halogens is 2. The van der Waals surface area contributed by atoms with Crippen LogP contribution < -0.4 is 5.32 Å². The van der Waals surface area contributed by atoms with Gasteiger partial charge in [0, 0.05) is 25.7 Å². The minimum atomic E-state index is -0.483. The van der Waals surface area contributed by atoms with Crippen LogP contribution in [0.4, 0.5) is 9.18 Å². The number of amides is 1. The van der Waals surface area contributed by atoms with Gasteiger partial charge in [-0.3, -0.25) is 4.90 Å². The summed E-state index contributed by atoms with van der Waals surface area (Å²) in [6.07, 6.45) is 0.519. The molecular weight excluding hydrogens is 351 g/mol. The first-order valence-corrected chi connectivity index (χ1v) is 8.18. The summed E-state index contributed by atoms with van der Waals surface area (Å²) in [5.41, 5.74) is 0.564. The Kier molecular flexibility index (Phi) is 5.45. The number of hydrogen-bond donors (Lipinski definition) is 1. The third kappa shape index (κ3) is 5.25. The Morgan fingerprint density at radius 2 is 2.23 bits per heavy atom. The quantitative estimate of drug-likeness (QED) is 0.879. The predicted molar refractivity (Wildman–Crippen MR) is 87.2 cm³/mol. The maximum atomic E-state index is 13.2. The molecule has 0 bridgehead atoms. The number of carbonyl (C=O) groups is 1. The van der Waals surface area contributed by atoms with E-state index in [0.717, 1.165) is 31.6 Å². The van der Waals surface area contributed by atoms with E-state index in [9.17, 15) is 9.18 Å². The SMILES string of the molecule is CC(C)(C)OC(=O)NC1CCN(Cc2ccc(F)c(Br)c2)C1. The minimum Gasteiger partial charge on any atom is -0.444 e. The molecule has 4 nitrogen and oxygen atoms in total. The average molecular weight is 373 g/mol. The molecule has 1 atom stereocenters. The van der Waals surface area contributed by atoms with E-state index in [-0.39, 0.29) is 18.0 Å². The Balaban J connectivity index is 1.82. The maximum Gasteiger partial charge on any atom is 0.407 e. The summed E-state index contributed by atoms with van der Waals surface area (Å²) in [7, 11) is 0. The second-order valence-corrected chi connectivity index (χ2v) is 7.47. The van der Waals surface area contributed by atoms with E-state index in [1.807, 2.05) is 20.8 Å². The van der Waals surface area contributed by atoms with Crippen LogP contribution in [-0.4, -0.2) is 35.7 Å². The fourth-order valence-electron chi connectivity index (χ4n) is 2.46. The van der Waals surface area contributed by atoms with Crippen LogP contribution in [0, 0.1) is 5.82 Å². The third-order valence-electron chi connectivity index (χ3n) is 3.38. The van der Waals surface area contributed by atoms with E-state index in [2.05, 4.69) is 26.1 Å². The van der Waals surface area contributed by atoms with Gasteiger partial charge < -0.3 is 10.1 Å². The highest BCUT2D eigenvalue weighted by molar-refractivity contribution is 9.10. The first-order valence-electron chi connectivity index (χ1n) is 7.39. The van der Waals surface area contributed by atoms with E-state index >= 15 is 0 Å². The summed E-state index contributed by atoms with van der Waals surface area (Å²) in [6.45, 7) is 7.95. The zero-order chi connectivity index (χ0) is 16.3. The summed E-state index contributed by atoms with van der Waals surface area (Å²) in [6, 6.07) is 5.14. The van der Waals surface area contributed by atoms with Crippen LogP contribution in [0.5, 0.6) is 0 Å². The first-order chi connectivity index (χ1) is 10.2. The van der Waals surface area contributed by atoms with Gasteiger partial charge in [0.1, 0.15) is 11.4 Å². The van der Waals surface area contributed by atoms with Gasteiger partial charge in [0.2, 0.25) is 0 Å². The lowest BCUT2D eigenvalue weighted by molar-refractivity contribution is 0.0506. The lowest BCUT2D eigenvalue weighted by Crippen LogP contribution is -2.40. The van der Waals surface area contributed by atoms with Gasteiger partial charge in [-0.25, -0.2) is 9.18 Å². The Morgan fingerprint density at radius 3 is 2.86 bits per heavy atom. The smallest absolute Gasteiger partial charge is 0.407 e. The number of nitrogens with one attached hydrogen (secondary N) is 1. The molecule has 1 aliphatic rings. The predicted octanol–water partition coefficient (Wildman–Crippen LogP) is 3.69. The fourth-order valence-corrected chi connectivity index (χ4v) is 2.89. The standard InChI is InChI=1S/C16H22BrFN2O2/c1-16(2,3)22-15(21)19-12-6-7-20(10-12)9-11-4-5-14(18)13(17)8-11/h4-5,8,12H,6-7,9-10H2,1-3H3,(H,19,21). The number of benzene rings is 1. The number of nitrogens with zero attached hydrogens (tertiary/aromatic N) is 1. The van der Waals surface area contributed by atoms with Crippen LogP contribution in [0.15, 0.2) is 22.7 Å². The van der Waals surface area contributed by atoms with Crippen molar-refractivity contribution in [2.24, 2.45) is 0 Å². The topological polar surface area (TPSA) is 41.6 Å². The highest BCUT2D eigenvalue weighted by Gasteiger charge is 2.26. The van der Waals surface area contributed by atoms with Gasteiger partial charge in [0.15, 0.2) is 0 Å². The normalized spacial score (nSPS) is 19.2. The molecule has 1 heterocycles. The molecule has 1 aromatic rings. The van der Waals surface area contributed by atoms with Crippen molar-refractivity contribution in [1.29, 1.82) is 0 Å². The highest BCUT2D eigenvalue weighted by Crippen LogP contribution is 2.20. The van der Waals surface area contributed by atoms with Crippen LogP contribution in [0.3, 0.4) is 0 Å². The highest BCUT2D eigenvalue weighted by atomic mass is 79.9. The molecule has 22 heavy (non-hydrogen) atoms. The average Bonchev–Trinajstić information content (AvgIpc) is 2.78. The number of rotatable bonds is 3. The molecule has 1 saturated heterocycles. The van der Waals surface area contributed by atoms with Gasteiger partial charge in [-0.1, -0.05) is 6.07 Å². The van der Waals surface area contributed by atoms with Gasteiger partial charge in [-0.05, 0) is 60.8 Å². The molecule has 0 saturated carbocycles. The zero-order valence-corrected chi connectivity index (χ0v) is 14.7. The number of ether oxygens (including phenoxy) is 1. The van der Waals surface area contributed by atoms with E-state index in [1.165, 1.54) is 6.07 Å². The number of likely N-dealkylation sites (tertiary alicyclic amines) is 1. The van der Waals surface area contributed by atoms with Crippen molar-refractivity contribution in [3.8, 4) is 0 Å². The molecule has 1 aliphatic heterocycles. The fraction of sp³-hybridized carbons (Fsp3) is 0.562. The molecule has 0 aromatic heterocycles. The van der Waals surface area contributed by atoms with Gasteiger partial charge >= 0.3 is 6.09 Å². The molecule has 1 aromatic carbocycles. The van der Waals surface area contributed by atoms with E-state index in [4.69, 9.17) is 4.74 Å². The zero-order valence-electron chi connectivity index (χ0n) is 13.2. The molecule has 0 spiro atoms. The molecule has 0 radical (unpaired) electrons. The van der Waals surface area contributed by atoms with E-state index < -0.39 is 5.60 Å². The summed E-state index contributed by atoms with van der Waals surface area (Å²) in [5.74, 6) is -0.255. The lowest BCUT2D eigenvalue weighted by Gasteiger charge is -2.22. The van der Waals surface area contributed by atoms with Crippen LogP contribution in [0.25, 0.3) is 0 Å². The van der Waals surface area contributed by atoms with Crippen molar-refractivity contribution in [3.63, 3.8) is 0 Å². The van der Waals surface area contributed by atoms with Crippen molar-refractivity contribution in [2.75, 3.05) is 13.1 Å². The molecule has 2 rings (SSSR count). The van der Waals surface area contributed by atoms with E-state index in [0.29, 0.717) is 4.47 Å². The van der Waals surface area contributed by atoms with Gasteiger partial charge in [0.25, 0.3) is 0 Å². The van der Waals surface area contributed by atoms with Crippen LogP contribution in [0.2, 0.25) is 0 Å². The number of alkyl carbamates (subject to hydrolysis) is 1. The molecular formula is C16H22BrFN2O2. The maximum absolute atomic E-state index is 13.2. The summed E-state index contributed by atoms with van der Waals surface area (Å²) in [5, 5.41) is 2.90. The van der Waals surface area contributed by atoms with Gasteiger partial charge in [-0.2, -0.15) is 0 Å². The monoisotopic (exact) mass is 372 g/mol. The second-order valence-electron chi connectivity index (χ2n) is 6.62. The third-order valence-corrected chi connectivity index (χ3v) is 3.99. The number of carbonyl (C=O) groups excluding carboxylic acids is 1. The lowest BCUT2D eigenvalue weighted by atomic mass is 10.2. The van der Waals surface area contributed by atoms with E-state index in [1.54, 1.807) is 12.1 Å². The van der Waals surface area contributed by atoms with Gasteiger partial charge in [-0.15, -0.1) is 0 Å². The summed E-state index contributed by atoms with van der Waals surface area (Å²) in [4.78, 5) is 14.0. The van der Waals surface area contributed by atoms with Crippen LogP contribution >= 0.6 is 15.9 Å². The molecule has 1 amide bonds. The Labute approximate surface area is 139 Å². The minimum absolute atomic E-state index is 0.0961. The van der Waals surface area contributed by atoms with Gasteiger partial charge in [0.05, 0.1) is 4.47 Å². The van der Waals surface area contributed by atoms with Crippen molar-refractivity contribution in [2.45, 2.75) is 45.4 Å². The Morgan fingerprint density at radius 1 is 1.50 bits per heavy atom. The van der Waals surface area contributed by atoms with Crippen LogP contribution in [0.1, 0.15) is 32.8 Å². The van der Waals surface area contributed by atoms with Crippen molar-refractivity contribution in [3.05, 3.63) is 34.1 Å². The molecule has 1 N–H and O–H groups in total. The molecule has 0 aliphatic carbocycles. The van der Waals surface area contributed by atoms with Crippen molar-refractivity contribution >= 4 is 22.0 Å². The summed E-state index contributed by atoms with van der Waals surface area (Å²) >= 11 is 3.20. The number of hydrogen-bond acceptors (Lipinski definition) is 3. The summed E-state index contributed by atoms with van der Waals surface area (Å²) < 4.78 is 19.0. The first kappa shape index (κ1) is 17.2. The molecule has 122 valence electrons. The second kappa shape index (κ2) is 6.96. The Bertz CT molecular complexity index is 545. The molecule has 6 heteroatoms. The molecule has 1 unspecified atom stereocenters. The molecule has 1 fully saturated rings. The van der Waals surface area contributed by atoms with Crippen LogP contribution in [-0.2, 0) is 11.3 Å². The Hall–Kier alpha value is -1.14. The van der Waals surface area contributed by atoms with Crippen molar-refractivity contribution in [1.82, 2.24) is 10.2 Å². The van der Waals surface area contributed by atoms with Crippen molar-refractivity contribution < 1.29 is 13.9 Å². The largest absolute Gasteiger partial charge is 0.444 e.